The monoisotopic (exact) mass is 576 g/mol. The molecule has 0 amide bonds. The zero-order valence-electron chi connectivity index (χ0n) is 23.9. The maximum atomic E-state index is 13.1. The molecule has 0 bridgehead atoms. The van der Waals surface area contributed by atoms with Crippen LogP contribution in [-0.4, -0.2) is 65.1 Å². The number of piperazine rings is 1. The highest BCUT2D eigenvalue weighted by Gasteiger charge is 2.40. The number of rotatable bonds is 10. The van der Waals surface area contributed by atoms with Gasteiger partial charge >= 0.3 is 5.97 Å². The molecule has 1 spiro atoms. The van der Waals surface area contributed by atoms with Crippen molar-refractivity contribution in [2.24, 2.45) is 5.41 Å². The molecule has 2 aliphatic carbocycles. The standard InChI is InChI=1S/C33H38F2N4O3/c1-22(30(34)35)3-4-24-19-33(9-2-10-33)11-7-25(24)21-38-13-15-39(16-14-38)26-5-6-28(32(40)41)29(18-26)42-27-17-23-8-12-36-31(23)37-20-27/h5-6,8,12,17-18,20,30H,1-4,7,9-11,13-16,19,21H2,(H,36,37)(H,40,41). The molecule has 9 heteroatoms. The van der Waals surface area contributed by atoms with E-state index in [9.17, 15) is 18.7 Å². The molecule has 3 aromatic rings. The highest BCUT2D eigenvalue weighted by atomic mass is 19.3. The summed E-state index contributed by atoms with van der Waals surface area (Å²) in [5.74, 6) is -0.287. The zero-order chi connectivity index (χ0) is 29.3. The second-order valence-corrected chi connectivity index (χ2v) is 12.1. The van der Waals surface area contributed by atoms with Gasteiger partial charge in [-0.25, -0.2) is 18.6 Å². The van der Waals surface area contributed by atoms with Gasteiger partial charge in [-0.05, 0) is 80.2 Å². The van der Waals surface area contributed by atoms with Gasteiger partial charge in [0.25, 0.3) is 6.43 Å². The first-order chi connectivity index (χ1) is 20.3. The molecular weight excluding hydrogens is 538 g/mol. The number of allylic oxidation sites excluding steroid dienone is 2. The van der Waals surface area contributed by atoms with Crippen LogP contribution in [0.5, 0.6) is 11.5 Å². The Bertz CT molecular complexity index is 1500. The van der Waals surface area contributed by atoms with E-state index in [0.717, 1.165) is 62.3 Å². The van der Waals surface area contributed by atoms with Gasteiger partial charge in [0, 0.05) is 56.1 Å². The number of pyridine rings is 1. The quantitative estimate of drug-likeness (QED) is 0.244. The molecule has 1 saturated carbocycles. The van der Waals surface area contributed by atoms with E-state index in [-0.39, 0.29) is 16.9 Å². The number of carboxylic acids is 1. The first-order valence-corrected chi connectivity index (χ1v) is 14.9. The van der Waals surface area contributed by atoms with E-state index in [4.69, 9.17) is 4.74 Å². The molecule has 42 heavy (non-hydrogen) atoms. The predicted octanol–water partition coefficient (Wildman–Crippen LogP) is 7.43. The Balaban J connectivity index is 1.12. The summed E-state index contributed by atoms with van der Waals surface area (Å²) in [5.41, 5.74) is 5.05. The van der Waals surface area contributed by atoms with Crippen molar-refractivity contribution in [3.8, 4) is 11.5 Å². The molecule has 7 nitrogen and oxygen atoms in total. The Morgan fingerprint density at radius 1 is 1.12 bits per heavy atom. The molecular formula is C33H38F2N4O3. The number of carboxylic acid groups (broad SMARTS) is 1. The van der Waals surface area contributed by atoms with Crippen molar-refractivity contribution in [1.29, 1.82) is 0 Å². The van der Waals surface area contributed by atoms with Gasteiger partial charge in [0.2, 0.25) is 0 Å². The van der Waals surface area contributed by atoms with E-state index in [1.165, 1.54) is 36.8 Å². The van der Waals surface area contributed by atoms with Crippen molar-refractivity contribution >= 4 is 22.7 Å². The number of alkyl halides is 2. The number of fused-ring (bicyclic) bond motifs is 1. The molecule has 1 aliphatic heterocycles. The van der Waals surface area contributed by atoms with Crippen LogP contribution in [0.2, 0.25) is 0 Å². The number of carbonyl (C=O) groups is 1. The van der Waals surface area contributed by atoms with E-state index in [1.54, 1.807) is 24.5 Å². The van der Waals surface area contributed by atoms with Crippen molar-refractivity contribution in [1.82, 2.24) is 14.9 Å². The zero-order valence-corrected chi connectivity index (χ0v) is 23.9. The summed E-state index contributed by atoms with van der Waals surface area (Å²) in [6, 6.07) is 8.97. The summed E-state index contributed by atoms with van der Waals surface area (Å²) in [7, 11) is 0. The van der Waals surface area contributed by atoms with Gasteiger partial charge < -0.3 is 19.7 Å². The molecule has 2 N–H and O–H groups in total. The summed E-state index contributed by atoms with van der Waals surface area (Å²) in [6.45, 7) is 7.85. The number of ether oxygens (including phenoxy) is 1. The Kier molecular flexibility index (Phi) is 8.03. The fourth-order valence-corrected chi connectivity index (χ4v) is 6.74. The lowest BCUT2D eigenvalue weighted by Gasteiger charge is -2.47. The number of H-pyrrole nitrogens is 1. The molecule has 1 aromatic carbocycles. The third-order valence-corrected chi connectivity index (χ3v) is 9.47. The molecule has 3 aliphatic rings. The lowest BCUT2D eigenvalue weighted by Crippen LogP contribution is -2.47. The third kappa shape index (κ3) is 6.07. The Labute approximate surface area is 244 Å². The normalized spacial score (nSPS) is 19.0. The number of hydrogen-bond acceptors (Lipinski definition) is 5. The van der Waals surface area contributed by atoms with E-state index in [2.05, 4.69) is 26.3 Å². The SMILES string of the molecule is C=C(CCC1=C(CN2CCN(c3ccc(C(=O)O)c(Oc4cnc5[nH]ccc5c4)c3)CC2)CCC2(CCC2)C1)C(F)F. The lowest BCUT2D eigenvalue weighted by atomic mass is 9.59. The lowest BCUT2D eigenvalue weighted by molar-refractivity contribution is 0.0694. The molecule has 0 radical (unpaired) electrons. The summed E-state index contributed by atoms with van der Waals surface area (Å²) in [6.07, 6.45) is 9.16. The molecule has 6 rings (SSSR count). The molecule has 222 valence electrons. The number of anilines is 1. The largest absolute Gasteiger partial charge is 0.478 e. The van der Waals surface area contributed by atoms with Crippen LogP contribution in [0.15, 0.2) is 66.0 Å². The number of aromatic amines is 1. The molecule has 2 fully saturated rings. The molecule has 0 unspecified atom stereocenters. The van der Waals surface area contributed by atoms with Crippen molar-refractivity contribution in [3.63, 3.8) is 0 Å². The average molecular weight is 577 g/mol. The summed E-state index contributed by atoms with van der Waals surface area (Å²) in [4.78, 5) is 24.1. The molecule has 3 heterocycles. The van der Waals surface area contributed by atoms with Crippen molar-refractivity contribution in [3.05, 3.63) is 71.6 Å². The third-order valence-electron chi connectivity index (χ3n) is 9.47. The summed E-state index contributed by atoms with van der Waals surface area (Å²) < 4.78 is 32.3. The maximum absolute atomic E-state index is 13.1. The van der Waals surface area contributed by atoms with Crippen LogP contribution in [0.25, 0.3) is 11.0 Å². The minimum atomic E-state index is -2.45. The van der Waals surface area contributed by atoms with E-state index in [1.807, 2.05) is 18.2 Å². The highest BCUT2D eigenvalue weighted by molar-refractivity contribution is 5.92. The number of nitrogens with one attached hydrogen (secondary N) is 1. The van der Waals surface area contributed by atoms with Gasteiger partial charge in [0.1, 0.15) is 22.7 Å². The van der Waals surface area contributed by atoms with Gasteiger partial charge in [-0.3, -0.25) is 4.90 Å². The van der Waals surface area contributed by atoms with Crippen LogP contribution < -0.4 is 9.64 Å². The maximum Gasteiger partial charge on any atom is 0.339 e. The number of nitrogens with zero attached hydrogens (tertiary/aromatic N) is 3. The number of aromatic carboxylic acids is 1. The highest BCUT2D eigenvalue weighted by Crippen LogP contribution is 2.54. The van der Waals surface area contributed by atoms with Crippen LogP contribution in [0.3, 0.4) is 0 Å². The van der Waals surface area contributed by atoms with Crippen LogP contribution in [0.1, 0.15) is 61.7 Å². The Morgan fingerprint density at radius 2 is 1.93 bits per heavy atom. The molecule has 1 saturated heterocycles. The second kappa shape index (κ2) is 11.9. The minimum Gasteiger partial charge on any atom is -0.478 e. The van der Waals surface area contributed by atoms with Gasteiger partial charge in [0.15, 0.2) is 0 Å². The van der Waals surface area contributed by atoms with Gasteiger partial charge in [-0.1, -0.05) is 24.1 Å². The summed E-state index contributed by atoms with van der Waals surface area (Å²) in [5, 5.41) is 10.7. The topological polar surface area (TPSA) is 81.7 Å². The van der Waals surface area contributed by atoms with Crippen LogP contribution >= 0.6 is 0 Å². The summed E-state index contributed by atoms with van der Waals surface area (Å²) >= 11 is 0. The van der Waals surface area contributed by atoms with E-state index >= 15 is 0 Å². The predicted molar refractivity (Wildman–Crippen MR) is 160 cm³/mol. The van der Waals surface area contributed by atoms with Crippen molar-refractivity contribution < 1.29 is 23.4 Å². The second-order valence-electron chi connectivity index (χ2n) is 12.1. The van der Waals surface area contributed by atoms with Gasteiger partial charge in [0.05, 0.1) is 6.20 Å². The van der Waals surface area contributed by atoms with Crippen molar-refractivity contribution in [2.45, 2.75) is 57.8 Å². The number of benzene rings is 1. The fraction of sp³-hybridized carbons (Fsp3) is 0.455. The first-order valence-electron chi connectivity index (χ1n) is 14.9. The minimum absolute atomic E-state index is 0.0437. The molecule has 2 aromatic heterocycles. The Hall–Kier alpha value is -3.72. The van der Waals surface area contributed by atoms with Crippen LogP contribution in [0, 0.1) is 5.41 Å². The molecule has 0 atom stereocenters. The smallest absolute Gasteiger partial charge is 0.339 e. The first kappa shape index (κ1) is 28.4. The van der Waals surface area contributed by atoms with Crippen molar-refractivity contribution in [2.75, 3.05) is 37.6 Å². The number of hydrogen-bond donors (Lipinski definition) is 2. The van der Waals surface area contributed by atoms with E-state index in [0.29, 0.717) is 24.0 Å². The van der Waals surface area contributed by atoms with Crippen LogP contribution in [-0.2, 0) is 0 Å². The number of aromatic nitrogens is 2. The van der Waals surface area contributed by atoms with Crippen LogP contribution in [0.4, 0.5) is 14.5 Å². The Morgan fingerprint density at radius 3 is 2.64 bits per heavy atom. The fourth-order valence-electron chi connectivity index (χ4n) is 6.74. The average Bonchev–Trinajstić information content (AvgIpc) is 3.44. The number of halogens is 2. The van der Waals surface area contributed by atoms with Gasteiger partial charge in [-0.2, -0.15) is 0 Å². The van der Waals surface area contributed by atoms with Gasteiger partial charge in [-0.15, -0.1) is 0 Å². The van der Waals surface area contributed by atoms with E-state index < -0.39 is 12.4 Å².